The van der Waals surface area contributed by atoms with Crippen LogP contribution in [0.2, 0.25) is 0 Å². The van der Waals surface area contributed by atoms with Crippen LogP contribution in [-0.4, -0.2) is 32.3 Å². The van der Waals surface area contributed by atoms with Crippen LogP contribution in [0.15, 0.2) is 46.8 Å². The van der Waals surface area contributed by atoms with Gasteiger partial charge in [0.15, 0.2) is 12.6 Å². The van der Waals surface area contributed by atoms with Crippen LogP contribution < -0.4 is 15.4 Å². The van der Waals surface area contributed by atoms with E-state index in [0.29, 0.717) is 12.5 Å². The monoisotopic (exact) mass is 371 g/mol. The van der Waals surface area contributed by atoms with E-state index in [4.69, 9.17) is 4.74 Å². The van der Waals surface area contributed by atoms with Crippen molar-refractivity contribution in [2.75, 3.05) is 20.2 Å². The van der Waals surface area contributed by atoms with E-state index < -0.39 is 12.8 Å². The molecule has 2 N–H and O–H groups in total. The summed E-state index contributed by atoms with van der Waals surface area (Å²) >= 11 is 1.71. The number of hydrogen-bond donors (Lipinski definition) is 2. The summed E-state index contributed by atoms with van der Waals surface area (Å²) in [5.74, 6) is 0.829. The molecule has 1 heterocycles. The Labute approximate surface area is 148 Å². The Balaban J connectivity index is 1.78. The molecule has 2 rings (SSSR count). The number of nitrogens with one attached hydrogen (secondary N) is 2. The largest absolute Gasteiger partial charge is 0.484 e. The first kappa shape index (κ1) is 19.1. The van der Waals surface area contributed by atoms with Crippen LogP contribution in [0.1, 0.15) is 10.4 Å². The lowest BCUT2D eigenvalue weighted by Crippen LogP contribution is -2.37. The third-order valence-electron chi connectivity index (χ3n) is 3.23. The molecule has 0 fully saturated rings. The van der Waals surface area contributed by atoms with Crippen LogP contribution in [0.4, 0.5) is 13.2 Å². The summed E-state index contributed by atoms with van der Waals surface area (Å²) < 4.78 is 41.4. The van der Waals surface area contributed by atoms with Gasteiger partial charge in [-0.05, 0) is 35.6 Å². The molecular weight excluding hydrogens is 351 g/mol. The summed E-state index contributed by atoms with van der Waals surface area (Å²) in [5, 5.41) is 8.37. The molecule has 0 bridgehead atoms. The fourth-order valence-corrected chi connectivity index (χ4v) is 2.78. The molecule has 8 heteroatoms. The van der Waals surface area contributed by atoms with Gasteiger partial charge in [-0.2, -0.15) is 13.2 Å². The van der Waals surface area contributed by atoms with E-state index in [2.05, 4.69) is 21.7 Å². The van der Waals surface area contributed by atoms with Crippen molar-refractivity contribution in [3.63, 3.8) is 0 Å². The SMILES string of the molecule is CN=C(NCCc1cccs1)NCc1cccc(OCC(F)(F)F)c1. The maximum atomic E-state index is 12.2. The second-order valence-electron chi connectivity index (χ2n) is 5.23. The zero-order valence-electron chi connectivity index (χ0n) is 13.8. The van der Waals surface area contributed by atoms with Crippen molar-refractivity contribution in [2.45, 2.75) is 19.1 Å². The molecule has 1 aromatic carbocycles. The molecule has 4 nitrogen and oxygen atoms in total. The molecule has 0 amide bonds. The van der Waals surface area contributed by atoms with E-state index in [0.717, 1.165) is 18.5 Å². The number of benzene rings is 1. The highest BCUT2D eigenvalue weighted by atomic mass is 32.1. The van der Waals surface area contributed by atoms with Crippen LogP contribution >= 0.6 is 11.3 Å². The molecule has 0 aliphatic carbocycles. The molecule has 0 saturated heterocycles. The van der Waals surface area contributed by atoms with Crippen LogP contribution in [0, 0.1) is 0 Å². The zero-order chi connectivity index (χ0) is 18.1. The highest BCUT2D eigenvalue weighted by Gasteiger charge is 2.28. The van der Waals surface area contributed by atoms with E-state index in [9.17, 15) is 13.2 Å². The lowest BCUT2D eigenvalue weighted by molar-refractivity contribution is -0.153. The van der Waals surface area contributed by atoms with Gasteiger partial charge in [0.2, 0.25) is 0 Å². The minimum atomic E-state index is -4.34. The summed E-state index contributed by atoms with van der Waals surface area (Å²) in [6.07, 6.45) is -3.44. The van der Waals surface area contributed by atoms with Gasteiger partial charge < -0.3 is 15.4 Å². The maximum Gasteiger partial charge on any atom is 0.422 e. The number of thiophene rings is 1. The molecule has 0 spiro atoms. The van der Waals surface area contributed by atoms with E-state index in [1.165, 1.54) is 10.9 Å². The van der Waals surface area contributed by atoms with Crippen LogP contribution in [0.5, 0.6) is 5.75 Å². The number of halogens is 3. The van der Waals surface area contributed by atoms with Gasteiger partial charge in [-0.3, -0.25) is 4.99 Å². The van der Waals surface area contributed by atoms with E-state index in [1.807, 2.05) is 17.5 Å². The van der Waals surface area contributed by atoms with Crippen LogP contribution in [-0.2, 0) is 13.0 Å². The van der Waals surface area contributed by atoms with E-state index in [-0.39, 0.29) is 5.75 Å². The Morgan fingerprint density at radius 3 is 2.72 bits per heavy atom. The predicted molar refractivity (Wildman–Crippen MR) is 94.2 cm³/mol. The number of nitrogens with zero attached hydrogens (tertiary/aromatic N) is 1. The zero-order valence-corrected chi connectivity index (χ0v) is 14.6. The van der Waals surface area contributed by atoms with Gasteiger partial charge in [0.1, 0.15) is 5.75 Å². The van der Waals surface area contributed by atoms with Crippen LogP contribution in [0.3, 0.4) is 0 Å². The average molecular weight is 371 g/mol. The molecule has 0 aliphatic rings. The molecule has 25 heavy (non-hydrogen) atoms. The standard InChI is InChI=1S/C17H20F3N3OS/c1-21-16(22-8-7-15-6-3-9-25-15)23-11-13-4-2-5-14(10-13)24-12-17(18,19)20/h2-6,9-10H,7-8,11-12H2,1H3,(H2,21,22,23). The third kappa shape index (κ3) is 7.47. The van der Waals surface area contributed by atoms with Gasteiger partial charge in [-0.25, -0.2) is 0 Å². The predicted octanol–water partition coefficient (Wildman–Crippen LogP) is 3.60. The lowest BCUT2D eigenvalue weighted by atomic mass is 10.2. The minimum Gasteiger partial charge on any atom is -0.484 e. The Hall–Kier alpha value is -2.22. The quantitative estimate of drug-likeness (QED) is 0.577. The first-order valence-corrected chi connectivity index (χ1v) is 8.59. The van der Waals surface area contributed by atoms with Crippen molar-refractivity contribution < 1.29 is 17.9 Å². The highest BCUT2D eigenvalue weighted by Crippen LogP contribution is 2.19. The molecule has 0 unspecified atom stereocenters. The Bertz CT molecular complexity index is 672. The van der Waals surface area contributed by atoms with Gasteiger partial charge in [0.25, 0.3) is 0 Å². The van der Waals surface area contributed by atoms with Crippen molar-refractivity contribution in [1.82, 2.24) is 10.6 Å². The Morgan fingerprint density at radius 2 is 2.04 bits per heavy atom. The molecular formula is C17H20F3N3OS. The first-order chi connectivity index (χ1) is 12.0. The molecule has 0 atom stereocenters. The smallest absolute Gasteiger partial charge is 0.422 e. The first-order valence-electron chi connectivity index (χ1n) is 7.71. The normalized spacial score (nSPS) is 12.1. The molecule has 2 aromatic rings. The Morgan fingerprint density at radius 1 is 1.20 bits per heavy atom. The molecule has 0 saturated carbocycles. The third-order valence-corrected chi connectivity index (χ3v) is 4.16. The Kier molecular flexibility index (Phi) is 7.12. The summed E-state index contributed by atoms with van der Waals surface area (Å²) in [5.41, 5.74) is 0.806. The number of alkyl halides is 3. The fraction of sp³-hybridized carbons (Fsp3) is 0.353. The number of rotatable bonds is 7. The second-order valence-corrected chi connectivity index (χ2v) is 6.27. The van der Waals surface area contributed by atoms with Crippen molar-refractivity contribution in [3.05, 3.63) is 52.2 Å². The average Bonchev–Trinajstić information content (AvgIpc) is 3.09. The van der Waals surface area contributed by atoms with Gasteiger partial charge in [0.05, 0.1) is 0 Å². The van der Waals surface area contributed by atoms with E-state index >= 15 is 0 Å². The van der Waals surface area contributed by atoms with Crippen molar-refractivity contribution in [3.8, 4) is 5.75 Å². The maximum absolute atomic E-state index is 12.2. The van der Waals surface area contributed by atoms with E-state index in [1.54, 1.807) is 30.5 Å². The number of aliphatic imine (C=N–C) groups is 1. The fourth-order valence-electron chi connectivity index (χ4n) is 2.08. The van der Waals surface area contributed by atoms with Crippen molar-refractivity contribution in [2.24, 2.45) is 4.99 Å². The minimum absolute atomic E-state index is 0.192. The highest BCUT2D eigenvalue weighted by molar-refractivity contribution is 7.09. The summed E-state index contributed by atoms with van der Waals surface area (Å²) in [6, 6.07) is 10.7. The molecule has 1 aromatic heterocycles. The van der Waals surface area contributed by atoms with Crippen molar-refractivity contribution in [1.29, 1.82) is 0 Å². The molecule has 136 valence electrons. The summed E-state index contributed by atoms with van der Waals surface area (Å²) in [6.45, 7) is -0.118. The van der Waals surface area contributed by atoms with Crippen molar-refractivity contribution >= 4 is 17.3 Å². The summed E-state index contributed by atoms with van der Waals surface area (Å²) in [7, 11) is 1.67. The van der Waals surface area contributed by atoms with Gasteiger partial charge in [-0.1, -0.05) is 18.2 Å². The molecule has 0 aliphatic heterocycles. The summed E-state index contributed by atoms with van der Waals surface area (Å²) in [4.78, 5) is 5.42. The number of ether oxygens (including phenoxy) is 1. The second kappa shape index (κ2) is 9.31. The topological polar surface area (TPSA) is 45.7 Å². The number of guanidine groups is 1. The lowest BCUT2D eigenvalue weighted by Gasteiger charge is -2.13. The van der Waals surface area contributed by atoms with Gasteiger partial charge in [-0.15, -0.1) is 11.3 Å². The van der Waals surface area contributed by atoms with Crippen LogP contribution in [0.25, 0.3) is 0 Å². The van der Waals surface area contributed by atoms with Gasteiger partial charge in [0, 0.05) is 25.0 Å². The number of hydrogen-bond acceptors (Lipinski definition) is 3. The van der Waals surface area contributed by atoms with Gasteiger partial charge >= 0.3 is 6.18 Å². The molecule has 0 radical (unpaired) electrons.